The zero-order valence-electron chi connectivity index (χ0n) is 17.1. The molecule has 0 spiro atoms. The third-order valence-electron chi connectivity index (χ3n) is 4.34. The molecule has 2 rings (SSSR count). The number of carbonyl (C=O) groups is 2. The van der Waals surface area contributed by atoms with E-state index in [1.165, 1.54) is 11.8 Å². The minimum Gasteiger partial charge on any atom is -0.352 e. The van der Waals surface area contributed by atoms with E-state index in [0.717, 1.165) is 11.1 Å². The molecule has 0 fully saturated rings. The Labute approximate surface area is 197 Å². The van der Waals surface area contributed by atoms with E-state index in [2.05, 4.69) is 5.32 Å². The fraction of sp³-hybridized carbons (Fsp3) is 0.364. The van der Waals surface area contributed by atoms with E-state index in [1.807, 2.05) is 32.0 Å². The van der Waals surface area contributed by atoms with Crippen molar-refractivity contribution in [3.63, 3.8) is 0 Å². The third kappa shape index (κ3) is 7.69. The summed E-state index contributed by atoms with van der Waals surface area (Å²) in [7, 11) is 0. The van der Waals surface area contributed by atoms with Gasteiger partial charge in [0.25, 0.3) is 0 Å². The Morgan fingerprint density at radius 2 is 1.73 bits per heavy atom. The van der Waals surface area contributed by atoms with Gasteiger partial charge in [-0.05, 0) is 56.2 Å². The number of hydrogen-bond donors (Lipinski definition) is 1. The van der Waals surface area contributed by atoms with Gasteiger partial charge < -0.3 is 10.2 Å². The minimum absolute atomic E-state index is 0.00973. The average molecular weight is 488 g/mol. The predicted octanol–water partition coefficient (Wildman–Crippen LogP) is 5.82. The smallest absolute Gasteiger partial charge is 0.242 e. The molecule has 0 aliphatic heterocycles. The fourth-order valence-corrected chi connectivity index (χ4v) is 4.47. The summed E-state index contributed by atoms with van der Waals surface area (Å²) in [6.07, 6.45) is 0. The van der Waals surface area contributed by atoms with Crippen LogP contribution in [0.1, 0.15) is 31.9 Å². The maximum atomic E-state index is 13.0. The van der Waals surface area contributed by atoms with Crippen molar-refractivity contribution in [2.24, 2.45) is 0 Å². The molecule has 0 aliphatic rings. The largest absolute Gasteiger partial charge is 0.352 e. The minimum atomic E-state index is -0.612. The van der Waals surface area contributed by atoms with Crippen LogP contribution in [-0.2, 0) is 21.9 Å². The fourth-order valence-electron chi connectivity index (χ4n) is 2.79. The number of nitrogens with one attached hydrogen (secondary N) is 1. The number of benzene rings is 2. The van der Waals surface area contributed by atoms with Crippen molar-refractivity contribution in [2.45, 2.75) is 45.2 Å². The molecule has 2 aromatic rings. The van der Waals surface area contributed by atoms with Crippen LogP contribution in [0.2, 0.25) is 15.1 Å². The molecule has 0 aliphatic carbocycles. The quantitative estimate of drug-likeness (QED) is 0.485. The second-order valence-electron chi connectivity index (χ2n) is 7.22. The highest BCUT2D eigenvalue weighted by Gasteiger charge is 2.26. The van der Waals surface area contributed by atoms with E-state index in [0.29, 0.717) is 27.4 Å². The van der Waals surface area contributed by atoms with Gasteiger partial charge in [-0.2, -0.15) is 0 Å². The monoisotopic (exact) mass is 486 g/mol. The summed E-state index contributed by atoms with van der Waals surface area (Å²) in [5.74, 6) is 0.473. The Morgan fingerprint density at radius 3 is 2.37 bits per heavy atom. The summed E-state index contributed by atoms with van der Waals surface area (Å²) in [5.41, 5.74) is 1.77. The highest BCUT2D eigenvalue weighted by atomic mass is 35.5. The standard InChI is InChI=1S/C22H25Cl3N2O2S/c1-14(2)26-22(29)15(3)27(11-16-5-4-6-18(23)9-16)21(28)13-30-12-17-7-8-19(24)10-20(17)25/h4-10,14-15H,11-13H2,1-3H3,(H,26,29)/t15-/m0/s1. The molecule has 2 amide bonds. The Morgan fingerprint density at radius 1 is 1.03 bits per heavy atom. The lowest BCUT2D eigenvalue weighted by molar-refractivity contribution is -0.138. The molecule has 30 heavy (non-hydrogen) atoms. The van der Waals surface area contributed by atoms with Crippen molar-refractivity contribution < 1.29 is 9.59 Å². The Hall–Kier alpha value is -1.40. The molecular formula is C22H25Cl3N2O2S. The zero-order chi connectivity index (χ0) is 22.3. The van der Waals surface area contributed by atoms with Gasteiger partial charge in [0.05, 0.1) is 5.75 Å². The summed E-state index contributed by atoms with van der Waals surface area (Å²) in [4.78, 5) is 27.2. The normalized spacial score (nSPS) is 12.0. The van der Waals surface area contributed by atoms with Crippen LogP contribution in [-0.4, -0.2) is 34.6 Å². The number of halogens is 3. The average Bonchev–Trinajstić information content (AvgIpc) is 2.66. The lowest BCUT2D eigenvalue weighted by Crippen LogP contribution is -2.49. The molecule has 0 saturated heterocycles. The topological polar surface area (TPSA) is 49.4 Å². The second kappa shape index (κ2) is 11.8. The third-order valence-corrected chi connectivity index (χ3v) is 6.13. The predicted molar refractivity (Wildman–Crippen MR) is 127 cm³/mol. The van der Waals surface area contributed by atoms with E-state index in [1.54, 1.807) is 36.1 Å². The molecule has 162 valence electrons. The van der Waals surface area contributed by atoms with Gasteiger partial charge in [-0.1, -0.05) is 53.0 Å². The highest BCUT2D eigenvalue weighted by Crippen LogP contribution is 2.25. The molecule has 4 nitrogen and oxygen atoms in total. The van der Waals surface area contributed by atoms with Crippen LogP contribution in [0.25, 0.3) is 0 Å². The van der Waals surface area contributed by atoms with Gasteiger partial charge in [-0.3, -0.25) is 9.59 Å². The van der Waals surface area contributed by atoms with Gasteiger partial charge in [0.15, 0.2) is 0 Å². The SMILES string of the molecule is CC(C)NC(=O)[C@H](C)N(Cc1cccc(Cl)c1)C(=O)CSCc1ccc(Cl)cc1Cl. The Bertz CT molecular complexity index is 892. The molecule has 1 atom stereocenters. The first-order valence-corrected chi connectivity index (χ1v) is 11.8. The van der Waals surface area contributed by atoms with Crippen LogP contribution in [0.15, 0.2) is 42.5 Å². The maximum absolute atomic E-state index is 13.0. The second-order valence-corrected chi connectivity index (χ2v) is 9.49. The number of carbonyl (C=O) groups excluding carboxylic acids is 2. The summed E-state index contributed by atoms with van der Waals surface area (Å²) >= 11 is 19.7. The molecule has 2 aromatic carbocycles. The molecule has 0 heterocycles. The van der Waals surface area contributed by atoms with E-state index in [4.69, 9.17) is 34.8 Å². The molecule has 0 unspecified atom stereocenters. The van der Waals surface area contributed by atoms with Gasteiger partial charge in [-0.15, -0.1) is 11.8 Å². The number of thioether (sulfide) groups is 1. The first-order chi connectivity index (χ1) is 14.2. The molecule has 0 radical (unpaired) electrons. The van der Waals surface area contributed by atoms with Crippen molar-refractivity contribution in [3.8, 4) is 0 Å². The number of hydrogen-bond acceptors (Lipinski definition) is 3. The maximum Gasteiger partial charge on any atom is 0.242 e. The summed E-state index contributed by atoms with van der Waals surface area (Å²) < 4.78 is 0. The van der Waals surface area contributed by atoms with Crippen LogP contribution in [0, 0.1) is 0 Å². The van der Waals surface area contributed by atoms with Crippen LogP contribution in [0.4, 0.5) is 0 Å². The Balaban J connectivity index is 2.09. The molecule has 1 N–H and O–H groups in total. The van der Waals surface area contributed by atoms with Crippen molar-refractivity contribution >= 4 is 58.4 Å². The van der Waals surface area contributed by atoms with E-state index >= 15 is 0 Å². The summed E-state index contributed by atoms with van der Waals surface area (Å²) in [6, 6.07) is 12.0. The molecule has 0 bridgehead atoms. The number of amides is 2. The number of rotatable bonds is 9. The first kappa shape index (κ1) is 24.9. The molecular weight excluding hydrogens is 463 g/mol. The van der Waals surface area contributed by atoms with Gasteiger partial charge in [0, 0.05) is 33.4 Å². The van der Waals surface area contributed by atoms with Crippen molar-refractivity contribution in [3.05, 3.63) is 68.7 Å². The van der Waals surface area contributed by atoms with Crippen molar-refractivity contribution in [1.29, 1.82) is 0 Å². The van der Waals surface area contributed by atoms with Crippen LogP contribution in [0.3, 0.4) is 0 Å². The lowest BCUT2D eigenvalue weighted by Gasteiger charge is -2.29. The van der Waals surface area contributed by atoms with Crippen molar-refractivity contribution in [2.75, 3.05) is 5.75 Å². The molecule has 8 heteroatoms. The first-order valence-electron chi connectivity index (χ1n) is 9.53. The number of nitrogens with zero attached hydrogens (tertiary/aromatic N) is 1. The van der Waals surface area contributed by atoms with Gasteiger partial charge in [0.2, 0.25) is 11.8 Å². The van der Waals surface area contributed by atoms with Crippen LogP contribution >= 0.6 is 46.6 Å². The molecule has 0 aromatic heterocycles. The van der Waals surface area contributed by atoms with Crippen LogP contribution < -0.4 is 5.32 Å². The van der Waals surface area contributed by atoms with Gasteiger partial charge >= 0.3 is 0 Å². The molecule has 0 saturated carbocycles. The van der Waals surface area contributed by atoms with Crippen molar-refractivity contribution in [1.82, 2.24) is 10.2 Å². The van der Waals surface area contributed by atoms with Gasteiger partial charge in [0.1, 0.15) is 6.04 Å². The van der Waals surface area contributed by atoms with E-state index in [9.17, 15) is 9.59 Å². The van der Waals surface area contributed by atoms with E-state index in [-0.39, 0.29) is 23.6 Å². The van der Waals surface area contributed by atoms with Gasteiger partial charge in [-0.25, -0.2) is 0 Å². The lowest BCUT2D eigenvalue weighted by atomic mass is 10.1. The summed E-state index contributed by atoms with van der Waals surface area (Å²) in [5, 5.41) is 4.61. The zero-order valence-corrected chi connectivity index (χ0v) is 20.2. The van der Waals surface area contributed by atoms with Crippen LogP contribution in [0.5, 0.6) is 0 Å². The van der Waals surface area contributed by atoms with E-state index < -0.39 is 6.04 Å². The highest BCUT2D eigenvalue weighted by molar-refractivity contribution is 7.99. The Kier molecular flexibility index (Phi) is 9.82. The summed E-state index contributed by atoms with van der Waals surface area (Å²) in [6.45, 7) is 5.81.